The number of likely N-dealkylation sites (N-methyl/N-ethyl adjacent to an activating group) is 1. The van der Waals surface area contributed by atoms with Crippen LogP contribution in [-0.4, -0.2) is 64.2 Å². The minimum absolute atomic E-state index is 0.368. The van der Waals surface area contributed by atoms with Crippen LogP contribution >= 0.6 is 11.6 Å². The molecule has 8 nitrogen and oxygen atoms in total. The number of fused-ring (bicyclic) bond motifs is 1. The number of aromatic nitrogens is 4. The molecule has 192 valence electrons. The summed E-state index contributed by atoms with van der Waals surface area (Å²) in [5, 5.41) is 7.32. The number of imidazole rings is 1. The molecule has 0 spiro atoms. The fourth-order valence-corrected chi connectivity index (χ4v) is 5.14. The Morgan fingerprint density at radius 2 is 1.89 bits per heavy atom. The van der Waals surface area contributed by atoms with Crippen LogP contribution in [0.4, 0.5) is 23.3 Å². The van der Waals surface area contributed by atoms with Crippen LogP contribution in [0, 0.1) is 12.3 Å². The topological polar surface area (TPSA) is 74.1 Å². The van der Waals surface area contributed by atoms with Crippen LogP contribution in [0.15, 0.2) is 53.7 Å². The van der Waals surface area contributed by atoms with Crippen LogP contribution < -0.4 is 15.5 Å². The third-order valence-corrected chi connectivity index (χ3v) is 7.23. The first-order chi connectivity index (χ1) is 18.1. The van der Waals surface area contributed by atoms with E-state index in [0.717, 1.165) is 61.8 Å². The van der Waals surface area contributed by atoms with Gasteiger partial charge in [-0.15, -0.1) is 6.42 Å². The first-order valence-corrected chi connectivity index (χ1v) is 13.3. The van der Waals surface area contributed by atoms with Gasteiger partial charge in [0, 0.05) is 61.2 Å². The highest BCUT2D eigenvalue weighted by Crippen LogP contribution is 2.35. The van der Waals surface area contributed by atoms with Crippen LogP contribution in [0.5, 0.6) is 0 Å². The number of nitrogens with zero attached hydrogens (tertiary/aromatic N) is 6. The molecule has 1 saturated heterocycles. The monoisotopic (exact) mass is 516 g/mol. The number of benzene rings is 1. The van der Waals surface area contributed by atoms with Crippen molar-refractivity contribution in [2.45, 2.75) is 31.7 Å². The summed E-state index contributed by atoms with van der Waals surface area (Å²) in [7, 11) is 2.17. The molecule has 2 fully saturated rings. The summed E-state index contributed by atoms with van der Waals surface area (Å²) in [5.74, 6) is 3.79. The summed E-state index contributed by atoms with van der Waals surface area (Å²) in [6, 6.07) is 8.88. The molecule has 1 aromatic carbocycles. The van der Waals surface area contributed by atoms with Gasteiger partial charge in [0.05, 0.1) is 6.20 Å². The van der Waals surface area contributed by atoms with Crippen molar-refractivity contribution in [3.63, 3.8) is 0 Å². The summed E-state index contributed by atoms with van der Waals surface area (Å²) < 4.78 is 2.23. The Morgan fingerprint density at radius 1 is 1.14 bits per heavy atom. The molecule has 3 aromatic rings. The Labute approximate surface area is 223 Å². The van der Waals surface area contributed by atoms with Crippen molar-refractivity contribution in [1.29, 1.82) is 0 Å². The largest absolute Gasteiger partial charge is 0.369 e. The van der Waals surface area contributed by atoms with E-state index < -0.39 is 0 Å². The van der Waals surface area contributed by atoms with Crippen LogP contribution in [0.1, 0.15) is 31.7 Å². The molecule has 0 unspecified atom stereocenters. The molecule has 0 radical (unpaired) electrons. The van der Waals surface area contributed by atoms with E-state index in [1.54, 1.807) is 12.3 Å². The molecule has 1 aliphatic carbocycles. The van der Waals surface area contributed by atoms with Gasteiger partial charge < -0.3 is 20.4 Å². The average Bonchev–Trinajstić information content (AvgIpc) is 3.55. The van der Waals surface area contributed by atoms with Gasteiger partial charge in [-0.3, -0.25) is 4.57 Å². The van der Waals surface area contributed by atoms with E-state index in [0.29, 0.717) is 23.6 Å². The zero-order valence-electron chi connectivity index (χ0n) is 21.2. The number of allylic oxidation sites excluding steroid dienone is 3. The van der Waals surface area contributed by atoms with Gasteiger partial charge in [-0.1, -0.05) is 36.4 Å². The van der Waals surface area contributed by atoms with Crippen molar-refractivity contribution in [3.05, 3.63) is 53.7 Å². The van der Waals surface area contributed by atoms with E-state index in [1.165, 1.54) is 24.6 Å². The van der Waals surface area contributed by atoms with Gasteiger partial charge in [-0.05, 0) is 50.2 Å². The molecular formula is C28H33ClN8. The number of hydrogen-bond donors (Lipinski definition) is 2. The normalized spacial score (nSPS) is 17.5. The van der Waals surface area contributed by atoms with Crippen LogP contribution in [0.2, 0.25) is 0 Å². The Balaban J connectivity index is 1.33. The minimum Gasteiger partial charge on any atom is -0.369 e. The predicted octanol–water partition coefficient (Wildman–Crippen LogP) is 5.16. The highest BCUT2D eigenvalue weighted by Gasteiger charge is 2.24. The second-order valence-corrected chi connectivity index (χ2v) is 10.0. The number of hydrogen-bond acceptors (Lipinski definition) is 7. The first kappa shape index (κ1) is 25.1. The van der Waals surface area contributed by atoms with Gasteiger partial charge in [0.2, 0.25) is 11.9 Å². The second-order valence-electron chi connectivity index (χ2n) is 9.59. The Hall–Kier alpha value is -3.54. The van der Waals surface area contributed by atoms with E-state index >= 15 is 0 Å². The van der Waals surface area contributed by atoms with Gasteiger partial charge in [0.25, 0.3) is 0 Å². The number of piperazine rings is 1. The summed E-state index contributed by atoms with van der Waals surface area (Å²) >= 11 is 6.05. The molecule has 37 heavy (non-hydrogen) atoms. The molecule has 1 saturated carbocycles. The van der Waals surface area contributed by atoms with Crippen LogP contribution in [0.25, 0.3) is 11.2 Å². The maximum Gasteiger partial charge on any atom is 0.229 e. The summed E-state index contributed by atoms with van der Waals surface area (Å²) in [4.78, 5) is 19.0. The minimum atomic E-state index is 0.368. The van der Waals surface area contributed by atoms with E-state index in [-0.39, 0.29) is 0 Å². The van der Waals surface area contributed by atoms with E-state index in [1.807, 2.05) is 6.08 Å². The van der Waals surface area contributed by atoms with Gasteiger partial charge in [0.15, 0.2) is 5.65 Å². The molecule has 0 amide bonds. The highest BCUT2D eigenvalue weighted by molar-refractivity contribution is 6.31. The number of terminal acetylenes is 1. The first-order valence-electron chi connectivity index (χ1n) is 12.9. The van der Waals surface area contributed by atoms with Crippen molar-refractivity contribution < 1.29 is 0 Å². The second kappa shape index (κ2) is 11.7. The molecule has 5 rings (SSSR count). The number of halogens is 1. The third-order valence-electron chi connectivity index (χ3n) is 6.99. The van der Waals surface area contributed by atoms with Crippen molar-refractivity contribution >= 4 is 46.0 Å². The lowest BCUT2D eigenvalue weighted by atomic mass is 10.2. The number of rotatable bonds is 8. The number of anilines is 4. The Bertz CT molecular complexity index is 1310. The van der Waals surface area contributed by atoms with Crippen molar-refractivity contribution in [2.24, 2.45) is 0 Å². The van der Waals surface area contributed by atoms with Crippen molar-refractivity contribution in [3.8, 4) is 12.3 Å². The molecule has 0 atom stereocenters. The Morgan fingerprint density at radius 3 is 2.62 bits per heavy atom. The van der Waals surface area contributed by atoms with E-state index in [2.05, 4.69) is 67.2 Å². The van der Waals surface area contributed by atoms with E-state index in [9.17, 15) is 0 Å². The third kappa shape index (κ3) is 6.07. The molecule has 9 heteroatoms. The number of nitrogens with one attached hydrogen (secondary N) is 2. The lowest BCUT2D eigenvalue weighted by molar-refractivity contribution is 0.313. The summed E-state index contributed by atoms with van der Waals surface area (Å²) in [6.45, 7) is 4.85. The SMILES string of the molecule is C#C/C=C(Cl)\C=C/CNc1nc2cnc(Nc3ccc(N4CCN(C)CC4)cc3)nc2n1C1CCCC1. The molecule has 0 bridgehead atoms. The maximum atomic E-state index is 6.05. The quantitative estimate of drug-likeness (QED) is 0.316. The predicted molar refractivity (Wildman–Crippen MR) is 153 cm³/mol. The van der Waals surface area contributed by atoms with Crippen LogP contribution in [-0.2, 0) is 0 Å². The summed E-state index contributed by atoms with van der Waals surface area (Å²) in [6.07, 6.45) is 17.0. The lowest BCUT2D eigenvalue weighted by Crippen LogP contribution is -2.44. The molecule has 2 aromatic heterocycles. The van der Waals surface area contributed by atoms with Gasteiger partial charge in [-0.25, -0.2) is 9.97 Å². The highest BCUT2D eigenvalue weighted by atomic mass is 35.5. The molecule has 2 N–H and O–H groups in total. The van der Waals surface area contributed by atoms with Crippen LogP contribution in [0.3, 0.4) is 0 Å². The lowest BCUT2D eigenvalue weighted by Gasteiger charge is -2.34. The van der Waals surface area contributed by atoms with Gasteiger partial charge in [-0.2, -0.15) is 4.98 Å². The molecule has 3 heterocycles. The molecular weight excluding hydrogens is 484 g/mol. The van der Waals surface area contributed by atoms with Crippen molar-refractivity contribution in [2.75, 3.05) is 55.3 Å². The zero-order chi connectivity index (χ0) is 25.6. The Kier molecular flexibility index (Phi) is 7.93. The van der Waals surface area contributed by atoms with Gasteiger partial charge in [0.1, 0.15) is 5.52 Å². The molecule has 1 aliphatic heterocycles. The molecule has 2 aliphatic rings. The average molecular weight is 517 g/mol. The van der Waals surface area contributed by atoms with E-state index in [4.69, 9.17) is 28.0 Å². The zero-order valence-corrected chi connectivity index (χ0v) is 22.0. The smallest absolute Gasteiger partial charge is 0.229 e. The summed E-state index contributed by atoms with van der Waals surface area (Å²) in [5.41, 5.74) is 3.83. The van der Waals surface area contributed by atoms with Gasteiger partial charge >= 0.3 is 0 Å². The fourth-order valence-electron chi connectivity index (χ4n) is 4.98. The van der Waals surface area contributed by atoms with Crippen molar-refractivity contribution in [1.82, 2.24) is 24.4 Å². The maximum absolute atomic E-state index is 6.05. The fraction of sp³-hybridized carbons (Fsp3) is 0.393. The standard InChI is InChI=1S/C28H33ClN8/c1-3-7-21(29)8-6-15-30-28-33-25-20-31-27(34-26(25)37(28)24-9-4-5-10-24)32-22-11-13-23(14-12-22)36-18-16-35(2)17-19-36/h1,6-8,11-14,20,24H,4-5,9-10,15-19H2,2H3,(H,30,33)(H,31,32,34)/b8-6-,21-7+.